The minimum atomic E-state index is 0.145. The zero-order chi connectivity index (χ0) is 11.4. The average molecular weight is 227 g/mol. The fourth-order valence-electron chi connectivity index (χ4n) is 3.82. The molecule has 1 aromatic carbocycles. The quantitative estimate of drug-likeness (QED) is 0.689. The summed E-state index contributed by atoms with van der Waals surface area (Å²) in [4.78, 5) is 0. The fourth-order valence-corrected chi connectivity index (χ4v) is 3.82. The van der Waals surface area contributed by atoms with E-state index in [1.807, 2.05) is 0 Å². The maximum atomic E-state index is 6.20. The maximum absolute atomic E-state index is 6.20. The normalized spacial score (nSPS) is 34.5. The Morgan fingerprint density at radius 2 is 2.06 bits per heavy atom. The molecule has 2 heteroatoms. The Balaban J connectivity index is 1.87. The Morgan fingerprint density at radius 3 is 3.00 bits per heavy atom. The van der Waals surface area contributed by atoms with Crippen LogP contribution in [-0.4, -0.2) is 18.8 Å². The number of allylic oxidation sites excluding steroid dienone is 1. The van der Waals surface area contributed by atoms with E-state index >= 15 is 0 Å². The molecule has 1 saturated heterocycles. The highest BCUT2D eigenvalue weighted by Crippen LogP contribution is 2.48. The van der Waals surface area contributed by atoms with Crippen molar-refractivity contribution in [3.8, 4) is 0 Å². The van der Waals surface area contributed by atoms with Gasteiger partial charge in [0.25, 0.3) is 0 Å². The summed E-state index contributed by atoms with van der Waals surface area (Å²) in [5, 5.41) is 0. The molecular formula is C15H17NO. The van der Waals surface area contributed by atoms with Crippen LogP contribution in [0.25, 0.3) is 0 Å². The monoisotopic (exact) mass is 227 g/mol. The third kappa shape index (κ3) is 1.28. The molecule has 0 saturated carbocycles. The topological polar surface area (TPSA) is 35.2 Å². The summed E-state index contributed by atoms with van der Waals surface area (Å²) < 4.78 is 5.79. The number of fused-ring (bicyclic) bond motifs is 4. The highest BCUT2D eigenvalue weighted by Gasteiger charge is 2.40. The van der Waals surface area contributed by atoms with Crippen LogP contribution in [-0.2, 0) is 11.2 Å². The molecule has 3 atom stereocenters. The summed E-state index contributed by atoms with van der Waals surface area (Å²) in [6.07, 6.45) is 3.80. The highest BCUT2D eigenvalue weighted by atomic mass is 16.5. The molecule has 2 nitrogen and oxygen atoms in total. The van der Waals surface area contributed by atoms with Crippen molar-refractivity contribution in [2.24, 2.45) is 5.73 Å². The molecule has 1 fully saturated rings. The number of nitrogens with two attached hydrogens (primary N) is 1. The van der Waals surface area contributed by atoms with Gasteiger partial charge in [0.15, 0.2) is 0 Å². The molecule has 4 rings (SSSR count). The first kappa shape index (κ1) is 9.86. The summed E-state index contributed by atoms with van der Waals surface area (Å²) in [7, 11) is 0. The van der Waals surface area contributed by atoms with Gasteiger partial charge < -0.3 is 10.5 Å². The Bertz CT molecular complexity index is 505. The molecule has 0 amide bonds. The van der Waals surface area contributed by atoms with Crippen LogP contribution in [0.3, 0.4) is 0 Å². The molecule has 17 heavy (non-hydrogen) atoms. The van der Waals surface area contributed by atoms with E-state index in [4.69, 9.17) is 10.5 Å². The third-order valence-corrected chi connectivity index (χ3v) is 4.54. The van der Waals surface area contributed by atoms with Crippen molar-refractivity contribution >= 4 is 0 Å². The van der Waals surface area contributed by atoms with Gasteiger partial charge in [-0.3, -0.25) is 0 Å². The van der Waals surface area contributed by atoms with Crippen LogP contribution in [0.4, 0.5) is 0 Å². The molecule has 3 unspecified atom stereocenters. The summed E-state index contributed by atoms with van der Waals surface area (Å²) in [6.45, 7) is 0.715. The maximum Gasteiger partial charge on any atom is 0.0805 e. The molecule has 0 radical (unpaired) electrons. The van der Waals surface area contributed by atoms with Crippen LogP contribution in [0, 0.1) is 0 Å². The first-order valence-corrected chi connectivity index (χ1v) is 6.52. The number of benzene rings is 1. The van der Waals surface area contributed by atoms with Gasteiger partial charge in [-0.05, 0) is 36.0 Å². The Morgan fingerprint density at radius 1 is 1.18 bits per heavy atom. The van der Waals surface area contributed by atoms with Crippen molar-refractivity contribution in [3.05, 3.63) is 46.5 Å². The van der Waals surface area contributed by atoms with Gasteiger partial charge in [-0.1, -0.05) is 29.8 Å². The minimum Gasteiger partial charge on any atom is -0.372 e. The zero-order valence-corrected chi connectivity index (χ0v) is 9.86. The van der Waals surface area contributed by atoms with Gasteiger partial charge in [0.2, 0.25) is 0 Å². The van der Waals surface area contributed by atoms with Crippen molar-refractivity contribution in [2.75, 3.05) is 6.61 Å². The summed E-state index contributed by atoms with van der Waals surface area (Å²) in [5.74, 6) is 0.630. The van der Waals surface area contributed by atoms with Crippen LogP contribution >= 0.6 is 0 Å². The van der Waals surface area contributed by atoms with Gasteiger partial charge in [-0.25, -0.2) is 0 Å². The van der Waals surface area contributed by atoms with Crippen molar-refractivity contribution in [1.29, 1.82) is 0 Å². The first-order valence-electron chi connectivity index (χ1n) is 6.52. The second-order valence-electron chi connectivity index (χ2n) is 5.41. The predicted octanol–water partition coefficient (Wildman–Crippen LogP) is 2.14. The van der Waals surface area contributed by atoms with Gasteiger partial charge in [0, 0.05) is 5.92 Å². The van der Waals surface area contributed by atoms with E-state index in [2.05, 4.69) is 24.3 Å². The molecule has 3 aliphatic rings. The predicted molar refractivity (Wildman–Crippen MR) is 66.9 cm³/mol. The van der Waals surface area contributed by atoms with E-state index < -0.39 is 0 Å². The SMILES string of the molecule is NC1COC2CCC3C(=C12)Cc1ccccc13. The molecule has 0 bridgehead atoms. The van der Waals surface area contributed by atoms with E-state index in [9.17, 15) is 0 Å². The van der Waals surface area contributed by atoms with Crippen molar-refractivity contribution in [1.82, 2.24) is 0 Å². The molecule has 1 heterocycles. The summed E-state index contributed by atoms with van der Waals surface area (Å²) >= 11 is 0. The second-order valence-corrected chi connectivity index (χ2v) is 5.41. The Hall–Kier alpha value is -1.12. The van der Waals surface area contributed by atoms with E-state index in [-0.39, 0.29) is 6.04 Å². The molecule has 2 aliphatic carbocycles. The molecule has 88 valence electrons. The summed E-state index contributed by atoms with van der Waals surface area (Å²) in [6, 6.07) is 8.99. The molecule has 0 aromatic heterocycles. The van der Waals surface area contributed by atoms with Crippen LogP contribution in [0.1, 0.15) is 29.9 Å². The lowest BCUT2D eigenvalue weighted by Gasteiger charge is -2.27. The van der Waals surface area contributed by atoms with Crippen LogP contribution in [0.15, 0.2) is 35.4 Å². The highest BCUT2D eigenvalue weighted by molar-refractivity contribution is 5.50. The van der Waals surface area contributed by atoms with Gasteiger partial charge in [0.1, 0.15) is 0 Å². The van der Waals surface area contributed by atoms with E-state index in [1.165, 1.54) is 23.1 Å². The standard InChI is InChI=1S/C15H17NO/c16-13-8-17-14-6-5-11-10-4-2-1-3-9(10)7-12(11)15(13)14/h1-4,11,13-14H,5-8,16H2. The third-order valence-electron chi connectivity index (χ3n) is 4.54. The van der Waals surface area contributed by atoms with Gasteiger partial charge in [-0.15, -0.1) is 0 Å². The average Bonchev–Trinajstić information content (AvgIpc) is 2.90. The lowest BCUT2D eigenvalue weighted by Crippen LogP contribution is -2.28. The lowest BCUT2D eigenvalue weighted by molar-refractivity contribution is 0.109. The molecular weight excluding hydrogens is 210 g/mol. The Kier molecular flexibility index (Phi) is 1.99. The first-order chi connectivity index (χ1) is 8.34. The van der Waals surface area contributed by atoms with Crippen LogP contribution in [0.5, 0.6) is 0 Å². The van der Waals surface area contributed by atoms with Gasteiger partial charge >= 0.3 is 0 Å². The lowest BCUT2D eigenvalue weighted by atomic mass is 9.80. The molecule has 0 spiro atoms. The smallest absolute Gasteiger partial charge is 0.0805 e. The zero-order valence-electron chi connectivity index (χ0n) is 9.86. The van der Waals surface area contributed by atoms with Crippen molar-refractivity contribution < 1.29 is 4.74 Å². The van der Waals surface area contributed by atoms with Gasteiger partial charge in [-0.2, -0.15) is 0 Å². The fraction of sp³-hybridized carbons (Fsp3) is 0.467. The summed E-state index contributed by atoms with van der Waals surface area (Å²) in [5.41, 5.74) is 12.2. The van der Waals surface area contributed by atoms with Crippen molar-refractivity contribution in [3.63, 3.8) is 0 Å². The van der Waals surface area contributed by atoms with E-state index in [0.29, 0.717) is 18.6 Å². The van der Waals surface area contributed by atoms with Crippen LogP contribution < -0.4 is 5.73 Å². The second kappa shape index (κ2) is 3.44. The number of rotatable bonds is 0. The number of hydrogen-bond donors (Lipinski definition) is 1. The Labute approximate surface area is 101 Å². The van der Waals surface area contributed by atoms with E-state index in [0.717, 1.165) is 12.8 Å². The largest absolute Gasteiger partial charge is 0.372 e. The molecule has 1 aromatic rings. The molecule has 1 aliphatic heterocycles. The van der Waals surface area contributed by atoms with E-state index in [1.54, 1.807) is 5.57 Å². The molecule has 2 N–H and O–H groups in total. The minimum absolute atomic E-state index is 0.145. The number of hydrogen-bond acceptors (Lipinski definition) is 2. The van der Waals surface area contributed by atoms with Crippen LogP contribution in [0.2, 0.25) is 0 Å². The van der Waals surface area contributed by atoms with Crippen molar-refractivity contribution in [2.45, 2.75) is 37.3 Å². The number of ether oxygens (including phenoxy) is 1. The van der Waals surface area contributed by atoms with Gasteiger partial charge in [0.05, 0.1) is 18.8 Å².